The molecule has 0 spiro atoms. The Kier molecular flexibility index (Phi) is 4.07. The molecule has 0 saturated heterocycles. The van der Waals surface area contributed by atoms with E-state index in [0.29, 0.717) is 0 Å². The van der Waals surface area contributed by atoms with E-state index >= 15 is 0 Å². The monoisotopic (exact) mass is 240 g/mol. The molecule has 0 atom stereocenters. The van der Waals surface area contributed by atoms with Gasteiger partial charge in [-0.2, -0.15) is 0 Å². The van der Waals surface area contributed by atoms with Crippen LogP contribution in [0.25, 0.3) is 0 Å². The molecule has 1 N–H and O–H groups in total. The zero-order valence-electron chi connectivity index (χ0n) is 10.4. The van der Waals surface area contributed by atoms with E-state index in [1.54, 1.807) is 13.1 Å². The first kappa shape index (κ1) is 12.3. The van der Waals surface area contributed by atoms with Crippen molar-refractivity contribution < 1.29 is 4.79 Å². The molecule has 2 aromatic rings. The van der Waals surface area contributed by atoms with Gasteiger partial charge in [-0.25, -0.2) is 0 Å². The second-order valence-electron chi connectivity index (χ2n) is 4.17. The molecule has 2 rings (SSSR count). The van der Waals surface area contributed by atoms with Crippen LogP contribution in [-0.2, 0) is 6.42 Å². The molecule has 18 heavy (non-hydrogen) atoms. The first-order valence-corrected chi connectivity index (χ1v) is 5.99. The number of rotatable bonds is 5. The maximum absolute atomic E-state index is 11.1. The molecule has 0 unspecified atom stereocenters. The van der Waals surface area contributed by atoms with E-state index in [2.05, 4.69) is 16.4 Å². The minimum atomic E-state index is 0.0944. The molecule has 0 radical (unpaired) electrons. The first-order valence-electron chi connectivity index (χ1n) is 5.99. The van der Waals surface area contributed by atoms with Gasteiger partial charge in [0, 0.05) is 30.2 Å². The number of nitrogens with zero attached hydrogens (tertiary/aromatic N) is 1. The highest BCUT2D eigenvalue weighted by Gasteiger charge is 1.98. The summed E-state index contributed by atoms with van der Waals surface area (Å²) < 4.78 is 0. The zero-order valence-corrected chi connectivity index (χ0v) is 10.4. The molecular formula is C15H16N2O. The number of hydrogen-bond acceptors (Lipinski definition) is 3. The molecule has 0 bridgehead atoms. The van der Waals surface area contributed by atoms with Crippen LogP contribution in [0.4, 0.5) is 5.69 Å². The Balaban J connectivity index is 1.85. The lowest BCUT2D eigenvalue weighted by Gasteiger charge is -2.06. The topological polar surface area (TPSA) is 42.0 Å². The van der Waals surface area contributed by atoms with E-state index in [1.165, 1.54) is 5.56 Å². The van der Waals surface area contributed by atoms with Gasteiger partial charge in [-0.05, 0) is 49.2 Å². The van der Waals surface area contributed by atoms with Gasteiger partial charge in [-0.15, -0.1) is 0 Å². The lowest BCUT2D eigenvalue weighted by Crippen LogP contribution is -2.05. The Hall–Kier alpha value is -2.16. The number of carbonyl (C=O) groups is 1. The standard InChI is InChI=1S/C15H16N2O/c1-12(18)14-4-6-15(7-5-14)17-10-8-13-3-2-9-16-11-13/h2-7,9,11,17H,8,10H2,1H3. The highest BCUT2D eigenvalue weighted by Crippen LogP contribution is 2.10. The third-order valence-electron chi connectivity index (χ3n) is 2.76. The van der Waals surface area contributed by atoms with Crippen molar-refractivity contribution in [2.75, 3.05) is 11.9 Å². The lowest BCUT2D eigenvalue weighted by molar-refractivity contribution is 0.101. The Morgan fingerprint density at radius 3 is 2.61 bits per heavy atom. The van der Waals surface area contributed by atoms with Gasteiger partial charge in [0.1, 0.15) is 0 Å². The van der Waals surface area contributed by atoms with Gasteiger partial charge in [-0.1, -0.05) is 6.07 Å². The largest absolute Gasteiger partial charge is 0.385 e. The number of hydrogen-bond donors (Lipinski definition) is 1. The summed E-state index contributed by atoms with van der Waals surface area (Å²) in [6, 6.07) is 11.5. The Morgan fingerprint density at radius 1 is 1.22 bits per heavy atom. The highest BCUT2D eigenvalue weighted by molar-refractivity contribution is 5.94. The average molecular weight is 240 g/mol. The smallest absolute Gasteiger partial charge is 0.159 e. The van der Waals surface area contributed by atoms with Gasteiger partial charge in [0.05, 0.1) is 0 Å². The van der Waals surface area contributed by atoms with Crippen LogP contribution < -0.4 is 5.32 Å². The van der Waals surface area contributed by atoms with Crippen molar-refractivity contribution in [2.45, 2.75) is 13.3 Å². The minimum absolute atomic E-state index is 0.0944. The second kappa shape index (κ2) is 5.96. The lowest BCUT2D eigenvalue weighted by atomic mass is 10.1. The number of nitrogens with one attached hydrogen (secondary N) is 1. The van der Waals surface area contributed by atoms with E-state index in [4.69, 9.17) is 0 Å². The van der Waals surface area contributed by atoms with Crippen molar-refractivity contribution in [1.82, 2.24) is 4.98 Å². The molecule has 3 nitrogen and oxygen atoms in total. The fourth-order valence-corrected chi connectivity index (χ4v) is 1.72. The van der Waals surface area contributed by atoms with Crippen LogP contribution in [0.1, 0.15) is 22.8 Å². The number of ketones is 1. The molecule has 0 fully saturated rings. The van der Waals surface area contributed by atoms with Crippen LogP contribution in [0.15, 0.2) is 48.8 Å². The van der Waals surface area contributed by atoms with Crippen molar-refractivity contribution in [3.05, 3.63) is 59.9 Å². The maximum atomic E-state index is 11.1. The van der Waals surface area contributed by atoms with Crippen molar-refractivity contribution in [3.63, 3.8) is 0 Å². The van der Waals surface area contributed by atoms with Crippen LogP contribution in [0.5, 0.6) is 0 Å². The number of benzene rings is 1. The molecule has 0 saturated carbocycles. The van der Waals surface area contributed by atoms with Gasteiger partial charge in [0.2, 0.25) is 0 Å². The molecule has 0 aliphatic rings. The number of aromatic nitrogens is 1. The van der Waals surface area contributed by atoms with Crippen LogP contribution in [-0.4, -0.2) is 17.3 Å². The highest BCUT2D eigenvalue weighted by atomic mass is 16.1. The van der Waals surface area contributed by atoms with Crippen LogP contribution >= 0.6 is 0 Å². The van der Waals surface area contributed by atoms with Crippen molar-refractivity contribution >= 4 is 11.5 Å². The molecule has 1 heterocycles. The normalized spacial score (nSPS) is 10.1. The van der Waals surface area contributed by atoms with E-state index < -0.39 is 0 Å². The van der Waals surface area contributed by atoms with E-state index in [9.17, 15) is 4.79 Å². The fourth-order valence-electron chi connectivity index (χ4n) is 1.72. The molecular weight excluding hydrogens is 224 g/mol. The summed E-state index contributed by atoms with van der Waals surface area (Å²) >= 11 is 0. The van der Waals surface area contributed by atoms with E-state index in [0.717, 1.165) is 24.2 Å². The van der Waals surface area contributed by atoms with Crippen LogP contribution in [0, 0.1) is 0 Å². The first-order chi connectivity index (χ1) is 8.75. The third-order valence-corrected chi connectivity index (χ3v) is 2.76. The number of carbonyl (C=O) groups excluding carboxylic acids is 1. The van der Waals surface area contributed by atoms with Gasteiger partial charge < -0.3 is 5.32 Å². The van der Waals surface area contributed by atoms with Crippen LogP contribution in [0.2, 0.25) is 0 Å². The Bertz CT molecular complexity index is 506. The number of Topliss-reactive ketones (excluding diaryl/α,β-unsaturated/α-hetero) is 1. The summed E-state index contributed by atoms with van der Waals surface area (Å²) in [5.41, 5.74) is 2.99. The molecule has 3 heteroatoms. The summed E-state index contributed by atoms with van der Waals surface area (Å²) in [4.78, 5) is 15.2. The predicted octanol–water partition coefficient (Wildman–Crippen LogP) is 2.94. The van der Waals surface area contributed by atoms with Gasteiger partial charge in [-0.3, -0.25) is 9.78 Å². The predicted molar refractivity (Wildman–Crippen MR) is 72.9 cm³/mol. The van der Waals surface area contributed by atoms with Gasteiger partial charge in [0.25, 0.3) is 0 Å². The third kappa shape index (κ3) is 3.42. The minimum Gasteiger partial charge on any atom is -0.385 e. The molecule has 0 aliphatic carbocycles. The summed E-state index contributed by atoms with van der Waals surface area (Å²) in [7, 11) is 0. The molecule has 92 valence electrons. The average Bonchev–Trinajstić information content (AvgIpc) is 2.40. The van der Waals surface area contributed by atoms with Crippen molar-refractivity contribution in [3.8, 4) is 0 Å². The van der Waals surface area contributed by atoms with Gasteiger partial charge in [0.15, 0.2) is 5.78 Å². The SMILES string of the molecule is CC(=O)c1ccc(NCCc2cccnc2)cc1. The molecule has 1 aromatic heterocycles. The maximum Gasteiger partial charge on any atom is 0.159 e. The summed E-state index contributed by atoms with van der Waals surface area (Å²) in [6.07, 6.45) is 4.58. The Morgan fingerprint density at radius 2 is 2.00 bits per heavy atom. The number of pyridine rings is 1. The molecule has 0 aliphatic heterocycles. The summed E-state index contributed by atoms with van der Waals surface area (Å²) in [5.74, 6) is 0.0944. The van der Waals surface area contributed by atoms with Crippen LogP contribution in [0.3, 0.4) is 0 Å². The summed E-state index contributed by atoms with van der Waals surface area (Å²) in [6.45, 7) is 2.43. The summed E-state index contributed by atoms with van der Waals surface area (Å²) in [5, 5.41) is 3.32. The van der Waals surface area contributed by atoms with Crippen molar-refractivity contribution in [1.29, 1.82) is 0 Å². The molecule has 1 aromatic carbocycles. The second-order valence-corrected chi connectivity index (χ2v) is 4.17. The quantitative estimate of drug-likeness (QED) is 0.817. The molecule has 0 amide bonds. The van der Waals surface area contributed by atoms with E-state index in [-0.39, 0.29) is 5.78 Å². The van der Waals surface area contributed by atoms with E-state index in [1.807, 2.05) is 36.5 Å². The fraction of sp³-hybridized carbons (Fsp3) is 0.200. The van der Waals surface area contributed by atoms with Crippen molar-refractivity contribution in [2.24, 2.45) is 0 Å². The zero-order chi connectivity index (χ0) is 12.8. The van der Waals surface area contributed by atoms with Gasteiger partial charge >= 0.3 is 0 Å². The Labute approximate surface area is 107 Å². The number of anilines is 1.